The van der Waals surface area contributed by atoms with Crippen LogP contribution in [0, 0.1) is 0 Å². The number of ether oxygens (including phenoxy) is 1. The van der Waals surface area contributed by atoms with E-state index in [1.54, 1.807) is 55.5 Å². The molecule has 0 heterocycles. The van der Waals surface area contributed by atoms with Crippen molar-refractivity contribution in [1.82, 2.24) is 10.2 Å². The summed E-state index contributed by atoms with van der Waals surface area (Å²) in [4.78, 5) is 28.3. The third kappa shape index (κ3) is 8.61. The summed E-state index contributed by atoms with van der Waals surface area (Å²) in [5, 5.41) is 3.67. The predicted molar refractivity (Wildman–Crippen MR) is 163 cm³/mol. The lowest BCUT2D eigenvalue weighted by Crippen LogP contribution is -2.51. The lowest BCUT2D eigenvalue weighted by molar-refractivity contribution is -0.139. The van der Waals surface area contributed by atoms with Crippen molar-refractivity contribution in [3.63, 3.8) is 0 Å². The molecule has 11 heteroatoms. The minimum atomic E-state index is -4.21. The Morgan fingerprint density at radius 2 is 1.61 bits per heavy atom. The average Bonchev–Trinajstić information content (AvgIpc) is 2.96. The molecule has 0 radical (unpaired) electrons. The maximum Gasteiger partial charge on any atom is 0.264 e. The normalized spacial score (nSPS) is 11.9. The highest BCUT2D eigenvalue weighted by Crippen LogP contribution is 2.28. The number of carbonyl (C=O) groups excluding carboxylic acids is 2. The molecule has 220 valence electrons. The van der Waals surface area contributed by atoms with Crippen LogP contribution < -0.4 is 14.4 Å². The van der Waals surface area contributed by atoms with Crippen LogP contribution in [0.15, 0.2) is 77.7 Å². The second-order valence-electron chi connectivity index (χ2n) is 9.33. The summed E-state index contributed by atoms with van der Waals surface area (Å²) in [6.07, 6.45) is 1.69. The fourth-order valence-electron chi connectivity index (χ4n) is 4.07. The lowest BCUT2D eigenvalue weighted by atomic mass is 10.1. The molecule has 2 amide bonds. The molecule has 0 saturated heterocycles. The minimum Gasteiger partial charge on any atom is -0.494 e. The Morgan fingerprint density at radius 1 is 0.951 bits per heavy atom. The van der Waals surface area contributed by atoms with Crippen LogP contribution in [-0.4, -0.2) is 50.9 Å². The number of amides is 2. The van der Waals surface area contributed by atoms with Crippen LogP contribution in [0.2, 0.25) is 10.0 Å². The molecule has 0 aliphatic rings. The fourth-order valence-corrected chi connectivity index (χ4v) is 5.80. The third-order valence-corrected chi connectivity index (χ3v) is 8.82. The molecule has 3 rings (SSSR count). The molecule has 0 aliphatic heterocycles. The van der Waals surface area contributed by atoms with E-state index >= 15 is 0 Å². The van der Waals surface area contributed by atoms with Crippen LogP contribution in [0.3, 0.4) is 0 Å². The number of unbranched alkanes of at least 4 members (excludes halogenated alkanes) is 1. The second-order valence-corrected chi connectivity index (χ2v) is 12.0. The molecule has 41 heavy (non-hydrogen) atoms. The van der Waals surface area contributed by atoms with Crippen LogP contribution in [0.4, 0.5) is 5.69 Å². The topological polar surface area (TPSA) is 96.0 Å². The molecule has 3 aromatic rings. The monoisotopic (exact) mass is 619 g/mol. The van der Waals surface area contributed by atoms with E-state index in [0.29, 0.717) is 34.5 Å². The zero-order valence-electron chi connectivity index (χ0n) is 23.3. The summed E-state index contributed by atoms with van der Waals surface area (Å²) in [6.45, 7) is 5.84. The number of anilines is 1. The van der Waals surface area contributed by atoms with Crippen molar-refractivity contribution >= 4 is 50.7 Å². The zero-order chi connectivity index (χ0) is 30.0. The van der Waals surface area contributed by atoms with E-state index in [1.165, 1.54) is 29.2 Å². The molecule has 1 unspecified atom stereocenters. The summed E-state index contributed by atoms with van der Waals surface area (Å²) in [6, 6.07) is 18.3. The molecule has 0 aromatic heterocycles. The number of benzene rings is 3. The largest absolute Gasteiger partial charge is 0.494 e. The summed E-state index contributed by atoms with van der Waals surface area (Å²) >= 11 is 12.4. The van der Waals surface area contributed by atoms with Crippen molar-refractivity contribution in [2.45, 2.75) is 51.1 Å². The quantitative estimate of drug-likeness (QED) is 0.226. The van der Waals surface area contributed by atoms with Gasteiger partial charge in [-0.1, -0.05) is 54.7 Å². The second kappa shape index (κ2) is 15.1. The Hall–Kier alpha value is -3.27. The number of nitrogens with zero attached hydrogens (tertiary/aromatic N) is 2. The molecule has 0 saturated carbocycles. The molecular weight excluding hydrogens is 585 g/mol. The first-order chi connectivity index (χ1) is 19.6. The Labute approximate surface area is 252 Å². The lowest BCUT2D eigenvalue weighted by Gasteiger charge is -2.32. The SMILES string of the molecule is CCCCNC(=O)C(C)N(Cc1ccccc1Cl)C(=O)CN(c1ccc(OCC)cc1)S(=O)(=O)c1ccc(Cl)cc1. The minimum absolute atomic E-state index is 0.0129. The molecule has 0 bridgehead atoms. The Bertz CT molecular complexity index is 1420. The Kier molecular flexibility index (Phi) is 11.9. The summed E-state index contributed by atoms with van der Waals surface area (Å²) in [5.41, 5.74) is 0.887. The van der Waals surface area contributed by atoms with Crippen LogP contribution >= 0.6 is 23.2 Å². The van der Waals surface area contributed by atoms with Gasteiger partial charge in [0.05, 0.1) is 17.2 Å². The van der Waals surface area contributed by atoms with Gasteiger partial charge in [-0.3, -0.25) is 13.9 Å². The van der Waals surface area contributed by atoms with E-state index in [1.807, 2.05) is 13.8 Å². The van der Waals surface area contributed by atoms with Gasteiger partial charge < -0.3 is 15.0 Å². The van der Waals surface area contributed by atoms with Crippen molar-refractivity contribution in [3.8, 4) is 5.75 Å². The van der Waals surface area contributed by atoms with E-state index in [2.05, 4.69) is 5.32 Å². The van der Waals surface area contributed by atoms with Gasteiger partial charge in [-0.25, -0.2) is 8.42 Å². The van der Waals surface area contributed by atoms with Gasteiger partial charge in [0.25, 0.3) is 10.0 Å². The highest BCUT2D eigenvalue weighted by molar-refractivity contribution is 7.92. The zero-order valence-corrected chi connectivity index (χ0v) is 25.7. The van der Waals surface area contributed by atoms with E-state index in [-0.39, 0.29) is 23.0 Å². The molecule has 8 nitrogen and oxygen atoms in total. The maximum absolute atomic E-state index is 14.0. The molecule has 0 aliphatic carbocycles. The molecule has 3 aromatic carbocycles. The van der Waals surface area contributed by atoms with Crippen molar-refractivity contribution in [2.24, 2.45) is 0 Å². The highest BCUT2D eigenvalue weighted by Gasteiger charge is 2.32. The van der Waals surface area contributed by atoms with Gasteiger partial charge in [-0.2, -0.15) is 0 Å². The van der Waals surface area contributed by atoms with Gasteiger partial charge in [-0.05, 0) is 80.4 Å². The average molecular weight is 621 g/mol. The standard InChI is InChI=1S/C30H35Cl2N3O5S/c1-4-6-19-33-30(37)22(3)34(20-23-9-7-8-10-28(23)32)29(36)21-35(25-13-15-26(16-14-25)40-5-2)41(38,39)27-17-11-24(31)12-18-27/h7-18,22H,4-6,19-21H2,1-3H3,(H,33,37). The van der Waals surface area contributed by atoms with E-state index < -0.39 is 28.5 Å². The first-order valence-corrected chi connectivity index (χ1v) is 15.6. The number of halogens is 2. The van der Waals surface area contributed by atoms with Crippen molar-refractivity contribution in [1.29, 1.82) is 0 Å². The highest BCUT2D eigenvalue weighted by atomic mass is 35.5. The van der Waals surface area contributed by atoms with Gasteiger partial charge in [0.15, 0.2) is 0 Å². The number of rotatable bonds is 14. The predicted octanol–water partition coefficient (Wildman–Crippen LogP) is 5.92. The maximum atomic E-state index is 14.0. The number of carbonyl (C=O) groups is 2. The van der Waals surface area contributed by atoms with Gasteiger partial charge in [-0.15, -0.1) is 0 Å². The molecular formula is C30H35Cl2N3O5S. The van der Waals surface area contributed by atoms with Gasteiger partial charge in [0.1, 0.15) is 18.3 Å². The van der Waals surface area contributed by atoms with Gasteiger partial charge >= 0.3 is 0 Å². The van der Waals surface area contributed by atoms with Crippen LogP contribution in [-0.2, 0) is 26.2 Å². The van der Waals surface area contributed by atoms with Crippen LogP contribution in [0.1, 0.15) is 39.2 Å². The van der Waals surface area contributed by atoms with Crippen LogP contribution in [0.25, 0.3) is 0 Å². The fraction of sp³-hybridized carbons (Fsp3) is 0.333. The van der Waals surface area contributed by atoms with E-state index in [9.17, 15) is 18.0 Å². The Morgan fingerprint density at radius 3 is 2.22 bits per heavy atom. The molecule has 1 atom stereocenters. The first kappa shape index (κ1) is 32.2. The Balaban J connectivity index is 2.01. The number of sulfonamides is 1. The number of nitrogens with one attached hydrogen (secondary N) is 1. The first-order valence-electron chi connectivity index (χ1n) is 13.4. The van der Waals surface area contributed by atoms with Crippen molar-refractivity contribution in [3.05, 3.63) is 88.4 Å². The van der Waals surface area contributed by atoms with Crippen LogP contribution in [0.5, 0.6) is 5.75 Å². The van der Waals surface area contributed by atoms with Gasteiger partial charge in [0, 0.05) is 23.1 Å². The van der Waals surface area contributed by atoms with E-state index in [4.69, 9.17) is 27.9 Å². The summed E-state index contributed by atoms with van der Waals surface area (Å²) in [5.74, 6) is -0.356. The molecule has 0 spiro atoms. The number of hydrogen-bond donors (Lipinski definition) is 1. The smallest absolute Gasteiger partial charge is 0.264 e. The van der Waals surface area contributed by atoms with Crippen molar-refractivity contribution in [2.75, 3.05) is 24.0 Å². The third-order valence-electron chi connectivity index (χ3n) is 6.41. The molecule has 1 N–H and O–H groups in total. The molecule has 0 fully saturated rings. The van der Waals surface area contributed by atoms with Crippen molar-refractivity contribution < 1.29 is 22.7 Å². The number of hydrogen-bond acceptors (Lipinski definition) is 5. The summed E-state index contributed by atoms with van der Waals surface area (Å²) in [7, 11) is -4.21. The van der Waals surface area contributed by atoms with Gasteiger partial charge in [0.2, 0.25) is 11.8 Å². The van der Waals surface area contributed by atoms with E-state index in [0.717, 1.165) is 17.1 Å². The summed E-state index contributed by atoms with van der Waals surface area (Å²) < 4.78 is 34.3.